The molecule has 26 nitrogen and oxygen atoms in total. The third kappa shape index (κ3) is 20.2. The number of primary amides is 3. The Labute approximate surface area is 471 Å². The Balaban J connectivity index is 1.53. The van der Waals surface area contributed by atoms with Crippen LogP contribution in [0.5, 0.6) is 5.75 Å². The molecule has 0 radical (unpaired) electrons. The Morgan fingerprint density at radius 3 is 1.98 bits per heavy atom. The molecule has 7 unspecified atom stereocenters. The predicted molar refractivity (Wildman–Crippen MR) is 298 cm³/mol. The van der Waals surface area contributed by atoms with Gasteiger partial charge in [0.1, 0.15) is 48.0 Å². The van der Waals surface area contributed by atoms with E-state index in [4.69, 9.17) is 33.4 Å². The molecule has 2 saturated heterocycles. The van der Waals surface area contributed by atoms with Gasteiger partial charge in [0, 0.05) is 49.3 Å². The number of nitrogens with zero attached hydrogens (tertiary/aromatic N) is 2. The van der Waals surface area contributed by atoms with Gasteiger partial charge >= 0.3 is 0 Å². The molecule has 7 atom stereocenters. The highest BCUT2D eigenvalue weighted by Crippen LogP contribution is 2.48. The smallest absolute Gasteiger partial charge is 0.246 e. The van der Waals surface area contributed by atoms with E-state index in [1.165, 1.54) is 33.6 Å². The average molecular weight is 1150 g/mol. The molecule has 17 N–H and O–H groups in total. The number of hydrogen-bond donors (Lipinski definition) is 12. The number of methoxy groups -OCH3 is 1. The van der Waals surface area contributed by atoms with Crippen LogP contribution in [0.1, 0.15) is 94.6 Å². The average Bonchev–Trinajstić information content (AvgIpc) is 3.95. The highest BCUT2D eigenvalue weighted by Gasteiger charge is 2.42. The lowest BCUT2D eigenvalue weighted by molar-refractivity contribution is -0.142. The van der Waals surface area contributed by atoms with Gasteiger partial charge in [-0.25, -0.2) is 0 Å². The number of nitrogens with one attached hydrogen (secondary N) is 7. The third-order valence-corrected chi connectivity index (χ3v) is 17.0. The lowest BCUT2D eigenvalue weighted by Gasteiger charge is -2.37. The summed E-state index contributed by atoms with van der Waals surface area (Å²) in [7, 11) is 4.02. The van der Waals surface area contributed by atoms with Gasteiger partial charge in [-0.3, -0.25) is 57.7 Å². The molecule has 11 amide bonds. The number of amides is 11. The zero-order chi connectivity index (χ0) is 58.4. The van der Waals surface area contributed by atoms with E-state index in [0.717, 1.165) is 19.3 Å². The quantitative estimate of drug-likeness (QED) is 0.0286. The van der Waals surface area contributed by atoms with Gasteiger partial charge in [-0.05, 0) is 68.2 Å². The van der Waals surface area contributed by atoms with Crippen molar-refractivity contribution in [1.82, 2.24) is 42.1 Å². The van der Waals surface area contributed by atoms with E-state index in [9.17, 15) is 52.7 Å². The lowest BCUT2D eigenvalue weighted by atomic mass is 9.85. The van der Waals surface area contributed by atoms with Gasteiger partial charge in [-0.1, -0.05) is 83.3 Å². The van der Waals surface area contributed by atoms with E-state index < -0.39 is 138 Å². The maximum Gasteiger partial charge on any atom is 0.246 e. The number of likely N-dealkylation sites (tertiary alicyclic amines) is 1. The van der Waals surface area contributed by atoms with Gasteiger partial charge in [-0.15, -0.1) is 0 Å². The number of nitrogens with two attached hydrogens (primary N) is 5. The zero-order valence-corrected chi connectivity index (χ0v) is 46.3. The molecule has 0 aromatic heterocycles. The second-order valence-corrected chi connectivity index (χ2v) is 22.8. The molecule has 1 saturated carbocycles. The second kappa shape index (κ2) is 31.2. The molecule has 0 bridgehead atoms. The van der Waals surface area contributed by atoms with Crippen molar-refractivity contribution in [1.29, 1.82) is 0 Å². The first-order valence-corrected chi connectivity index (χ1v) is 28.7. The van der Waals surface area contributed by atoms with Crippen LogP contribution in [0.4, 0.5) is 0 Å². The number of benzene rings is 2. The summed E-state index contributed by atoms with van der Waals surface area (Å²) in [6, 6.07) is 5.70. The molecular formula is C52H74N14O12S2. The number of hydrogen-bond acceptors (Lipinski definition) is 15. The first-order valence-electron chi connectivity index (χ1n) is 26.4. The highest BCUT2D eigenvalue weighted by molar-refractivity contribution is 8.77. The largest absolute Gasteiger partial charge is 0.497 e. The normalized spacial score (nSPS) is 22.6. The van der Waals surface area contributed by atoms with Crippen LogP contribution in [0.2, 0.25) is 0 Å². The minimum Gasteiger partial charge on any atom is -0.497 e. The molecule has 2 heterocycles. The topological polar surface area (TPSA) is 427 Å². The first kappa shape index (κ1) is 63.2. The van der Waals surface area contributed by atoms with E-state index >= 15 is 0 Å². The van der Waals surface area contributed by atoms with E-state index in [0.29, 0.717) is 36.1 Å². The van der Waals surface area contributed by atoms with Gasteiger partial charge in [0.15, 0.2) is 5.96 Å². The van der Waals surface area contributed by atoms with Crippen molar-refractivity contribution >= 4 is 92.5 Å². The Hall–Kier alpha value is -7.62. The predicted octanol–water partition coefficient (Wildman–Crippen LogP) is -2.34. The van der Waals surface area contributed by atoms with Gasteiger partial charge < -0.3 is 75.5 Å². The fourth-order valence-corrected chi connectivity index (χ4v) is 13.0. The monoisotopic (exact) mass is 1150 g/mol. The number of ether oxygens (including phenoxy) is 1. The Kier molecular flexibility index (Phi) is 24.7. The first-order chi connectivity index (χ1) is 38.1. The van der Waals surface area contributed by atoms with Gasteiger partial charge in [-0.2, -0.15) is 0 Å². The third-order valence-electron chi connectivity index (χ3n) is 13.7. The summed E-state index contributed by atoms with van der Waals surface area (Å²) in [5.41, 5.74) is 28.5. The van der Waals surface area contributed by atoms with E-state index in [1.54, 1.807) is 54.6 Å². The van der Waals surface area contributed by atoms with Crippen LogP contribution in [0.3, 0.4) is 0 Å². The molecule has 3 aliphatic rings. The molecule has 436 valence electrons. The highest BCUT2D eigenvalue weighted by atomic mass is 33.1. The molecule has 2 aromatic rings. The Morgan fingerprint density at radius 2 is 1.35 bits per heavy atom. The molecule has 2 aliphatic heterocycles. The molecule has 3 fully saturated rings. The molecule has 28 heteroatoms. The molecular weight excluding hydrogens is 1080 g/mol. The molecule has 2 aromatic carbocycles. The van der Waals surface area contributed by atoms with Crippen molar-refractivity contribution in [2.24, 2.45) is 33.7 Å². The molecule has 1 aliphatic carbocycles. The molecule has 5 rings (SSSR count). The zero-order valence-electron chi connectivity index (χ0n) is 44.7. The fraction of sp³-hybridized carbons (Fsp3) is 0.538. The SMILES string of the molecule is COc1ccc(CC2NC(=O)CC3(CCCCC3)SSCC(C(=O)N3CCCC3C(=O)NC(CCCN=C(N)N)C(=O)NCC(N)=O)NC(=O)C(CC(N)=O)NC(=O)C(CCC(N)=O)NC(=O)C(Cc3ccccc3)NC2=O)cc1. The summed E-state index contributed by atoms with van der Waals surface area (Å²) in [4.78, 5) is 156. The van der Waals surface area contributed by atoms with Crippen LogP contribution in [-0.2, 0) is 65.6 Å². The second-order valence-electron chi connectivity index (χ2n) is 20.0. The number of guanidine groups is 1. The summed E-state index contributed by atoms with van der Waals surface area (Å²) in [6.07, 6.45) is 2.41. The maximum atomic E-state index is 15.0. The van der Waals surface area contributed by atoms with Crippen LogP contribution >= 0.6 is 21.6 Å². The van der Waals surface area contributed by atoms with Gasteiger partial charge in [0.05, 0.1) is 20.1 Å². The molecule has 1 spiro atoms. The van der Waals surface area contributed by atoms with E-state index in [2.05, 4.69) is 42.2 Å². The van der Waals surface area contributed by atoms with E-state index in [1.807, 2.05) is 0 Å². The Bertz CT molecular complexity index is 2570. The summed E-state index contributed by atoms with van der Waals surface area (Å²) in [6.45, 7) is -0.382. The number of aliphatic imine (C=N–C) groups is 1. The van der Waals surface area contributed by atoms with Crippen molar-refractivity contribution in [3.63, 3.8) is 0 Å². The van der Waals surface area contributed by atoms with Crippen LogP contribution in [0, 0.1) is 0 Å². The van der Waals surface area contributed by atoms with Crippen molar-refractivity contribution in [3.05, 3.63) is 65.7 Å². The number of carbonyl (C=O) groups is 11. The van der Waals surface area contributed by atoms with Crippen molar-refractivity contribution in [2.45, 2.75) is 143 Å². The van der Waals surface area contributed by atoms with Crippen LogP contribution in [0.15, 0.2) is 59.6 Å². The summed E-state index contributed by atoms with van der Waals surface area (Å²) in [5.74, 6) is -8.92. The standard InChI is InChI=1S/C52H74N14O12S2/c1-78-32-16-14-31(15-17-32)25-35-46(73)63-36(24-30-10-4-2-5-11-30)47(74)61-34(18-19-40(53)67)45(72)64-37(26-41(54)68)48(75)65-38(29-79-80-52(27-43(70)60-35)20-6-3-7-21-52)50(77)66-23-9-13-39(66)49(76)62-33(12-8-22-58-51(56)57)44(71)59-28-42(55)69/h2,4-5,10-11,14-17,33-39H,3,6-9,12-13,18-29H2,1H3,(H2,53,67)(H2,54,68)(H2,55,69)(H,59,71)(H,60,70)(H,61,74)(H,62,76)(H,63,73)(H,64,72)(H,65,75)(H4,56,57,58). The van der Waals surface area contributed by atoms with Crippen LogP contribution < -0.4 is 70.6 Å². The van der Waals surface area contributed by atoms with Crippen molar-refractivity contribution in [2.75, 3.05) is 32.5 Å². The minimum atomic E-state index is -1.77. The summed E-state index contributed by atoms with van der Waals surface area (Å²) in [5, 5.41) is 18.5. The number of carbonyl (C=O) groups excluding carboxylic acids is 11. The number of rotatable bonds is 20. The summed E-state index contributed by atoms with van der Waals surface area (Å²) >= 11 is 0. The van der Waals surface area contributed by atoms with Gasteiger partial charge in [0.25, 0.3) is 0 Å². The van der Waals surface area contributed by atoms with E-state index in [-0.39, 0.29) is 63.3 Å². The van der Waals surface area contributed by atoms with Crippen molar-refractivity contribution in [3.8, 4) is 5.75 Å². The lowest BCUT2D eigenvalue weighted by Crippen LogP contribution is -2.61. The minimum absolute atomic E-state index is 0.0113. The fourth-order valence-electron chi connectivity index (χ4n) is 9.59. The summed E-state index contributed by atoms with van der Waals surface area (Å²) < 4.78 is 4.59. The Morgan fingerprint density at radius 1 is 0.738 bits per heavy atom. The van der Waals surface area contributed by atoms with Crippen molar-refractivity contribution < 1.29 is 57.5 Å². The maximum absolute atomic E-state index is 15.0. The van der Waals surface area contributed by atoms with Gasteiger partial charge in [0.2, 0.25) is 65.0 Å². The van der Waals surface area contributed by atoms with Crippen LogP contribution in [-0.4, -0.2) is 155 Å². The van der Waals surface area contributed by atoms with Crippen LogP contribution in [0.25, 0.3) is 0 Å². The molecule has 80 heavy (non-hydrogen) atoms.